The first-order chi connectivity index (χ1) is 13.0. The molecule has 0 saturated carbocycles. The summed E-state index contributed by atoms with van der Waals surface area (Å²) in [7, 11) is -3.62. The molecule has 0 bridgehead atoms. The van der Waals surface area contributed by atoms with E-state index in [-0.39, 0.29) is 10.9 Å². The van der Waals surface area contributed by atoms with Crippen LogP contribution in [0.25, 0.3) is 11.5 Å². The maximum Gasteiger partial charge on any atom is 0.262 e. The number of hydrogen-bond acceptors (Lipinski definition) is 6. The topological polar surface area (TPSA) is 94.1 Å². The van der Waals surface area contributed by atoms with E-state index in [9.17, 15) is 8.42 Å². The van der Waals surface area contributed by atoms with Crippen molar-refractivity contribution in [2.45, 2.75) is 37.8 Å². The van der Waals surface area contributed by atoms with Crippen LogP contribution >= 0.6 is 0 Å². The molecule has 27 heavy (non-hydrogen) atoms. The van der Waals surface area contributed by atoms with Gasteiger partial charge in [-0.05, 0) is 32.4 Å². The first-order valence-corrected chi connectivity index (χ1v) is 10.4. The molecule has 1 saturated heterocycles. The van der Waals surface area contributed by atoms with E-state index in [0.717, 1.165) is 5.56 Å². The van der Waals surface area contributed by atoms with Crippen LogP contribution in [0.4, 0.5) is 0 Å². The Morgan fingerprint density at radius 1 is 1.22 bits per heavy atom. The molecule has 0 amide bonds. The van der Waals surface area contributed by atoms with Gasteiger partial charge in [-0.15, -0.1) is 0 Å². The lowest BCUT2D eigenvalue weighted by atomic mass is 10.1. The molecule has 4 rings (SSSR count). The summed E-state index contributed by atoms with van der Waals surface area (Å²) in [6, 6.07) is 9.52. The fourth-order valence-corrected chi connectivity index (χ4v) is 4.81. The van der Waals surface area contributed by atoms with Crippen LogP contribution in [0.1, 0.15) is 30.9 Å². The summed E-state index contributed by atoms with van der Waals surface area (Å²) < 4.78 is 34.4. The zero-order chi connectivity index (χ0) is 19.0. The van der Waals surface area contributed by atoms with Crippen molar-refractivity contribution >= 4 is 10.0 Å². The van der Waals surface area contributed by atoms with Gasteiger partial charge < -0.3 is 9.09 Å². The molecule has 9 heteroatoms. The first-order valence-electron chi connectivity index (χ1n) is 8.92. The van der Waals surface area contributed by atoms with Crippen molar-refractivity contribution in [2.75, 3.05) is 13.1 Å². The maximum atomic E-state index is 12.9. The Bertz CT molecular complexity index is 1040. The summed E-state index contributed by atoms with van der Waals surface area (Å²) in [6.07, 6.45) is 2.25. The van der Waals surface area contributed by atoms with Crippen molar-refractivity contribution < 1.29 is 12.9 Å². The zero-order valence-electron chi connectivity index (χ0n) is 15.2. The third-order valence-corrected chi connectivity index (χ3v) is 6.61. The second-order valence-corrected chi connectivity index (χ2v) is 8.47. The van der Waals surface area contributed by atoms with Gasteiger partial charge in [0, 0.05) is 37.3 Å². The number of nitrogens with zero attached hydrogens (tertiary/aromatic N) is 5. The van der Waals surface area contributed by atoms with Gasteiger partial charge in [0.25, 0.3) is 15.9 Å². The number of hydrogen-bond donors (Lipinski definition) is 0. The number of benzene rings is 1. The Kier molecular flexibility index (Phi) is 4.56. The van der Waals surface area contributed by atoms with Gasteiger partial charge in [0.1, 0.15) is 5.82 Å². The van der Waals surface area contributed by atoms with Crippen LogP contribution in [0.2, 0.25) is 0 Å². The minimum Gasteiger partial charge on any atom is -0.334 e. The highest BCUT2D eigenvalue weighted by Gasteiger charge is 2.36. The number of sulfonamides is 1. The molecule has 0 aliphatic carbocycles. The lowest BCUT2D eigenvalue weighted by Gasteiger charge is -2.13. The van der Waals surface area contributed by atoms with Gasteiger partial charge in [0.15, 0.2) is 10.9 Å². The highest BCUT2D eigenvalue weighted by atomic mass is 32.2. The zero-order valence-corrected chi connectivity index (χ0v) is 16.1. The van der Waals surface area contributed by atoms with Crippen LogP contribution in [0, 0.1) is 6.92 Å². The van der Waals surface area contributed by atoms with Crippen LogP contribution in [0.5, 0.6) is 0 Å². The van der Waals surface area contributed by atoms with Gasteiger partial charge in [-0.3, -0.25) is 0 Å². The predicted octanol–water partition coefficient (Wildman–Crippen LogP) is 2.44. The fourth-order valence-electron chi connectivity index (χ4n) is 3.31. The van der Waals surface area contributed by atoms with Gasteiger partial charge in [-0.25, -0.2) is 13.4 Å². The Labute approximate surface area is 157 Å². The second kappa shape index (κ2) is 6.90. The van der Waals surface area contributed by atoms with Crippen molar-refractivity contribution in [3.05, 3.63) is 48.2 Å². The molecule has 2 aromatic heterocycles. The van der Waals surface area contributed by atoms with E-state index in [4.69, 9.17) is 4.52 Å². The van der Waals surface area contributed by atoms with Crippen LogP contribution in [0.15, 0.2) is 46.1 Å². The Hall–Kier alpha value is -2.52. The molecule has 3 aromatic rings. The highest BCUT2D eigenvalue weighted by molar-refractivity contribution is 7.89. The standard InChI is InChI=1S/C18H21N5O3S/c1-3-22-12-16(19-13(22)2)27(24,25)23-10-9-15(11-23)17-20-18(26-21-17)14-7-5-4-6-8-14/h4-8,12,15H,3,9-11H2,1-2H3/t15-/m0/s1. The van der Waals surface area contributed by atoms with Crippen LogP contribution in [-0.2, 0) is 16.6 Å². The number of imidazole rings is 1. The summed E-state index contributed by atoms with van der Waals surface area (Å²) in [5, 5.41) is 4.17. The van der Waals surface area contributed by atoms with Crippen molar-refractivity contribution in [1.29, 1.82) is 0 Å². The Morgan fingerprint density at radius 2 is 2.00 bits per heavy atom. The summed E-state index contributed by atoms with van der Waals surface area (Å²) in [5.41, 5.74) is 0.847. The van der Waals surface area contributed by atoms with Crippen LogP contribution < -0.4 is 0 Å². The normalized spacial score (nSPS) is 18.2. The van der Waals surface area contributed by atoms with E-state index in [1.807, 2.05) is 41.8 Å². The average Bonchev–Trinajstić information content (AvgIpc) is 3.41. The van der Waals surface area contributed by atoms with Gasteiger partial charge in [-0.1, -0.05) is 23.4 Å². The molecule has 1 aromatic carbocycles. The molecule has 0 radical (unpaired) electrons. The molecular formula is C18H21N5O3S. The lowest BCUT2D eigenvalue weighted by molar-refractivity contribution is 0.414. The molecule has 8 nitrogen and oxygen atoms in total. The minimum atomic E-state index is -3.62. The Morgan fingerprint density at radius 3 is 2.70 bits per heavy atom. The first kappa shape index (κ1) is 17.9. The highest BCUT2D eigenvalue weighted by Crippen LogP contribution is 2.30. The van der Waals surface area contributed by atoms with Gasteiger partial charge in [-0.2, -0.15) is 9.29 Å². The SMILES string of the molecule is CCn1cc(S(=O)(=O)N2CC[C@H](c3noc(-c4ccccc4)n3)C2)nc1C. The molecule has 1 atom stereocenters. The molecule has 142 valence electrons. The van der Waals surface area contributed by atoms with Crippen molar-refractivity contribution in [3.63, 3.8) is 0 Å². The van der Waals surface area contributed by atoms with Gasteiger partial charge in [0.05, 0.1) is 0 Å². The predicted molar refractivity (Wildman–Crippen MR) is 98.5 cm³/mol. The largest absolute Gasteiger partial charge is 0.334 e. The quantitative estimate of drug-likeness (QED) is 0.667. The van der Waals surface area contributed by atoms with Crippen LogP contribution in [-0.4, -0.2) is 45.5 Å². The van der Waals surface area contributed by atoms with E-state index < -0.39 is 10.0 Å². The van der Waals surface area contributed by atoms with Crippen molar-refractivity contribution in [2.24, 2.45) is 0 Å². The van der Waals surface area contributed by atoms with E-state index in [0.29, 0.717) is 43.6 Å². The molecule has 0 unspecified atom stereocenters. The third-order valence-electron chi connectivity index (χ3n) is 4.88. The van der Waals surface area contributed by atoms with E-state index >= 15 is 0 Å². The molecule has 0 N–H and O–H groups in total. The minimum absolute atomic E-state index is 0.0876. The van der Waals surface area contributed by atoms with E-state index in [1.54, 1.807) is 13.1 Å². The summed E-state index contributed by atoms with van der Waals surface area (Å²) in [4.78, 5) is 8.69. The second-order valence-electron chi connectivity index (χ2n) is 6.58. The van der Waals surface area contributed by atoms with E-state index in [1.165, 1.54) is 4.31 Å². The molecule has 1 aliphatic rings. The monoisotopic (exact) mass is 387 g/mol. The Balaban J connectivity index is 1.52. The van der Waals surface area contributed by atoms with Crippen molar-refractivity contribution in [1.82, 2.24) is 24.0 Å². The number of rotatable bonds is 5. The van der Waals surface area contributed by atoms with E-state index in [2.05, 4.69) is 15.1 Å². The molecule has 1 fully saturated rings. The summed E-state index contributed by atoms with van der Waals surface area (Å²) >= 11 is 0. The molecule has 3 heterocycles. The summed E-state index contributed by atoms with van der Waals surface area (Å²) in [5.74, 6) is 1.60. The van der Waals surface area contributed by atoms with Gasteiger partial charge in [0.2, 0.25) is 0 Å². The molecule has 1 aliphatic heterocycles. The molecular weight excluding hydrogens is 366 g/mol. The van der Waals surface area contributed by atoms with Crippen molar-refractivity contribution in [3.8, 4) is 11.5 Å². The fraction of sp³-hybridized carbons (Fsp3) is 0.389. The van der Waals surface area contributed by atoms with Gasteiger partial charge >= 0.3 is 0 Å². The smallest absolute Gasteiger partial charge is 0.262 e. The number of aryl methyl sites for hydroxylation is 2. The van der Waals surface area contributed by atoms with Crippen LogP contribution in [0.3, 0.4) is 0 Å². The number of aromatic nitrogens is 4. The third kappa shape index (κ3) is 3.28. The average molecular weight is 387 g/mol. The lowest BCUT2D eigenvalue weighted by Crippen LogP contribution is -2.29. The molecule has 0 spiro atoms. The maximum absolute atomic E-state index is 12.9. The summed E-state index contributed by atoms with van der Waals surface area (Å²) in [6.45, 7) is 5.19.